The van der Waals surface area contributed by atoms with Crippen molar-refractivity contribution >= 4 is 5.78 Å². The van der Waals surface area contributed by atoms with E-state index in [1.54, 1.807) is 0 Å². The van der Waals surface area contributed by atoms with E-state index in [2.05, 4.69) is 39.5 Å². The highest BCUT2D eigenvalue weighted by Crippen LogP contribution is 2.89. The molecule has 3 saturated heterocycles. The predicted octanol–water partition coefficient (Wildman–Crippen LogP) is 5.86. The Bertz CT molecular complexity index is 1210. The second-order valence-corrected chi connectivity index (χ2v) is 19.2. The second kappa shape index (κ2) is 10.00. The Hall–Kier alpha value is -0.570. The van der Waals surface area contributed by atoms with Gasteiger partial charge < -0.3 is 24.1 Å². The fraction of sp³-hybridized carbons (Fsp3) is 0.974. The van der Waals surface area contributed by atoms with Gasteiger partial charge in [-0.1, -0.05) is 55.4 Å². The number of Topliss-reactive ketones (excluding diaryl/α,β-unsaturated/α-hetero) is 1. The van der Waals surface area contributed by atoms with Crippen molar-refractivity contribution in [1.82, 2.24) is 4.90 Å². The molecular weight excluding hydrogens is 566 g/mol. The number of ketones is 1. The van der Waals surface area contributed by atoms with Crippen LogP contribution in [0.4, 0.5) is 0 Å². The first kappa shape index (κ1) is 31.7. The Morgan fingerprint density at radius 1 is 0.978 bits per heavy atom. The molecule has 254 valence electrons. The largest absolute Gasteiger partial charge is 0.390 e. The van der Waals surface area contributed by atoms with Gasteiger partial charge in [0, 0.05) is 17.4 Å². The first-order valence-corrected chi connectivity index (χ1v) is 18.6. The van der Waals surface area contributed by atoms with Gasteiger partial charge in [-0.15, -0.1) is 0 Å². The molecule has 3 heterocycles. The van der Waals surface area contributed by atoms with Crippen LogP contribution in [0.15, 0.2) is 0 Å². The van der Waals surface area contributed by atoms with Gasteiger partial charge in [0.25, 0.3) is 0 Å². The van der Waals surface area contributed by atoms with E-state index in [0.717, 1.165) is 52.2 Å². The molecule has 1 N–H and O–H groups in total. The summed E-state index contributed by atoms with van der Waals surface area (Å²) >= 11 is 0. The van der Waals surface area contributed by atoms with Crippen molar-refractivity contribution in [2.75, 3.05) is 32.9 Å². The standard InChI is InChI=1S/C38H61NO6/c1-22-17-24(31(40)33(2,3)4)44-30-29(22)35(7)13-14-38-21-37(38)12-11-27(45-28-18-39(15-16-43-28)23-19-42-20-23)34(5,6)25(37)9-10-26(38)36(35,8)32(30)41/h22-30,32,41H,9-21H2,1-8H3/t22-,24?,25+,26+,27+,28+,29?,30?,32+,35-,36-,37-,38?/m1/s1. The molecule has 8 fully saturated rings. The van der Waals surface area contributed by atoms with Crippen LogP contribution in [0.2, 0.25) is 0 Å². The lowest BCUT2D eigenvalue weighted by Gasteiger charge is -2.64. The summed E-state index contributed by atoms with van der Waals surface area (Å²) in [6, 6.07) is 0.524. The van der Waals surface area contributed by atoms with Gasteiger partial charge in [-0.2, -0.15) is 0 Å². The van der Waals surface area contributed by atoms with Gasteiger partial charge in [0.05, 0.1) is 50.7 Å². The van der Waals surface area contributed by atoms with Gasteiger partial charge in [-0.05, 0) is 96.7 Å². The van der Waals surface area contributed by atoms with E-state index in [4.69, 9.17) is 18.9 Å². The minimum absolute atomic E-state index is 0.0181. The maximum Gasteiger partial charge on any atom is 0.170 e. The molecule has 5 saturated carbocycles. The molecule has 0 aromatic carbocycles. The van der Waals surface area contributed by atoms with Crippen LogP contribution in [0.25, 0.3) is 0 Å². The Morgan fingerprint density at radius 3 is 2.38 bits per heavy atom. The summed E-state index contributed by atoms with van der Waals surface area (Å²) in [6.07, 6.45) is 8.15. The molecule has 7 nitrogen and oxygen atoms in total. The number of morpholine rings is 1. The van der Waals surface area contributed by atoms with Crippen molar-refractivity contribution in [3.8, 4) is 0 Å². The number of nitrogens with zero attached hydrogens (tertiary/aromatic N) is 1. The molecule has 5 aliphatic carbocycles. The Kier molecular flexibility index (Phi) is 7.04. The smallest absolute Gasteiger partial charge is 0.170 e. The number of hydrogen-bond donors (Lipinski definition) is 1. The zero-order valence-corrected chi connectivity index (χ0v) is 29.4. The molecule has 0 bridgehead atoms. The lowest BCUT2D eigenvalue weighted by molar-refractivity contribution is -0.256. The summed E-state index contributed by atoms with van der Waals surface area (Å²) in [4.78, 5) is 15.9. The molecule has 8 rings (SSSR count). The number of hydrogen-bond acceptors (Lipinski definition) is 7. The first-order chi connectivity index (χ1) is 21.1. The van der Waals surface area contributed by atoms with Crippen molar-refractivity contribution in [1.29, 1.82) is 0 Å². The summed E-state index contributed by atoms with van der Waals surface area (Å²) in [6.45, 7) is 22.5. The summed E-state index contributed by atoms with van der Waals surface area (Å²) in [5, 5.41) is 12.5. The van der Waals surface area contributed by atoms with Crippen molar-refractivity contribution in [3.05, 3.63) is 0 Å². The molecule has 8 aliphatic rings. The molecule has 45 heavy (non-hydrogen) atoms. The van der Waals surface area contributed by atoms with Gasteiger partial charge in [-0.3, -0.25) is 9.69 Å². The Labute approximate surface area is 271 Å². The van der Waals surface area contributed by atoms with Crippen LogP contribution in [-0.2, 0) is 23.7 Å². The van der Waals surface area contributed by atoms with Gasteiger partial charge in [0.15, 0.2) is 12.1 Å². The van der Waals surface area contributed by atoms with E-state index in [0.29, 0.717) is 40.5 Å². The minimum Gasteiger partial charge on any atom is -0.390 e. The fourth-order valence-corrected chi connectivity index (χ4v) is 13.8. The zero-order chi connectivity index (χ0) is 31.9. The lowest BCUT2D eigenvalue weighted by Crippen LogP contribution is -2.60. The van der Waals surface area contributed by atoms with Crippen LogP contribution in [0, 0.1) is 56.2 Å². The number of fused-ring (bicyclic) bond motifs is 4. The maximum atomic E-state index is 13.4. The van der Waals surface area contributed by atoms with Crippen LogP contribution in [-0.4, -0.2) is 85.4 Å². The highest BCUT2D eigenvalue weighted by Gasteiger charge is 2.84. The Balaban J connectivity index is 1.03. The molecular formula is C38H61NO6. The number of carbonyl (C=O) groups excluding carboxylic acids is 1. The number of aliphatic hydroxyl groups excluding tert-OH is 1. The number of ether oxygens (including phenoxy) is 4. The quantitative estimate of drug-likeness (QED) is 0.419. The lowest BCUT2D eigenvalue weighted by atomic mass is 9.41. The fourth-order valence-electron chi connectivity index (χ4n) is 13.8. The van der Waals surface area contributed by atoms with E-state index in [1.807, 2.05) is 20.8 Å². The zero-order valence-electron chi connectivity index (χ0n) is 29.4. The SMILES string of the molecule is C[C@@H]1CC(C(=O)C(C)(C)C)OC2C1[C@@]1(C)CCC34C[C@@]35CC[C@H](O[C@H]3CN(C6COC6)CCO3)C(C)(C)[C@@H]5CC[C@H]4[C@]1(C)[C@H]2O. The third-order valence-corrected chi connectivity index (χ3v) is 16.3. The third-order valence-electron chi connectivity index (χ3n) is 16.3. The van der Waals surface area contributed by atoms with E-state index in [1.165, 1.54) is 32.1 Å². The van der Waals surface area contributed by atoms with Crippen LogP contribution in [0.5, 0.6) is 0 Å². The average molecular weight is 628 g/mol. The van der Waals surface area contributed by atoms with Gasteiger partial charge >= 0.3 is 0 Å². The number of carbonyl (C=O) groups is 1. The molecule has 4 unspecified atom stereocenters. The first-order valence-electron chi connectivity index (χ1n) is 18.6. The van der Waals surface area contributed by atoms with Crippen LogP contribution >= 0.6 is 0 Å². The molecule has 2 spiro atoms. The van der Waals surface area contributed by atoms with Crippen LogP contribution < -0.4 is 0 Å². The van der Waals surface area contributed by atoms with E-state index >= 15 is 0 Å². The molecule has 0 amide bonds. The average Bonchev–Trinajstić information content (AvgIpc) is 3.57. The Morgan fingerprint density at radius 2 is 1.69 bits per heavy atom. The molecule has 0 radical (unpaired) electrons. The summed E-state index contributed by atoms with van der Waals surface area (Å²) in [5.41, 5.74) is 0.132. The molecule has 7 heteroatoms. The van der Waals surface area contributed by atoms with Crippen LogP contribution in [0.3, 0.4) is 0 Å². The maximum absolute atomic E-state index is 13.4. The van der Waals surface area contributed by atoms with Crippen molar-refractivity contribution < 1.29 is 28.8 Å². The summed E-state index contributed by atoms with van der Waals surface area (Å²) in [5.74, 6) is 1.99. The molecule has 0 aromatic rings. The number of rotatable bonds is 4. The summed E-state index contributed by atoms with van der Waals surface area (Å²) < 4.78 is 25.3. The number of aliphatic hydroxyl groups is 1. The topological polar surface area (TPSA) is 77.5 Å². The summed E-state index contributed by atoms with van der Waals surface area (Å²) in [7, 11) is 0. The van der Waals surface area contributed by atoms with Crippen LogP contribution in [0.1, 0.15) is 107 Å². The highest BCUT2D eigenvalue weighted by molar-refractivity contribution is 5.88. The van der Waals surface area contributed by atoms with Gasteiger partial charge in [0.2, 0.25) is 0 Å². The molecule has 3 aliphatic heterocycles. The third kappa shape index (κ3) is 4.06. The van der Waals surface area contributed by atoms with E-state index in [-0.39, 0.29) is 40.5 Å². The highest BCUT2D eigenvalue weighted by atomic mass is 16.7. The normalized spacial score (nSPS) is 54.1. The minimum atomic E-state index is -0.526. The van der Waals surface area contributed by atoms with Crippen molar-refractivity contribution in [2.45, 2.75) is 144 Å². The molecule has 13 atom stereocenters. The van der Waals surface area contributed by atoms with Gasteiger partial charge in [0.1, 0.15) is 6.10 Å². The monoisotopic (exact) mass is 627 g/mol. The second-order valence-electron chi connectivity index (χ2n) is 19.2. The van der Waals surface area contributed by atoms with E-state index in [9.17, 15) is 9.90 Å². The molecule has 0 aromatic heterocycles. The van der Waals surface area contributed by atoms with Crippen molar-refractivity contribution in [3.63, 3.8) is 0 Å². The van der Waals surface area contributed by atoms with E-state index < -0.39 is 17.6 Å². The predicted molar refractivity (Wildman–Crippen MR) is 171 cm³/mol. The van der Waals surface area contributed by atoms with Gasteiger partial charge in [-0.25, -0.2) is 0 Å². The van der Waals surface area contributed by atoms with Crippen molar-refractivity contribution in [2.24, 2.45) is 56.2 Å².